The maximum Gasteiger partial charge on any atom is 0.306 e. The summed E-state index contributed by atoms with van der Waals surface area (Å²) < 4.78 is 19.3. The largest absolute Gasteiger partial charge is 0.449 e. The van der Waals surface area contributed by atoms with Crippen molar-refractivity contribution in [3.8, 4) is 0 Å². The lowest BCUT2D eigenvalue weighted by Gasteiger charge is -2.62. The number of esters is 1. The highest BCUT2D eigenvalue weighted by Crippen LogP contribution is 2.72. The second-order valence-corrected chi connectivity index (χ2v) is 11.7. The monoisotopic (exact) mass is 476 g/mol. The summed E-state index contributed by atoms with van der Waals surface area (Å²) in [4.78, 5) is 52.1. The molecule has 33 heavy (non-hydrogen) atoms. The highest BCUT2D eigenvalue weighted by atomic mass is 32.2. The molecule has 0 bridgehead atoms. The van der Waals surface area contributed by atoms with Crippen molar-refractivity contribution in [3.05, 3.63) is 23.8 Å². The highest BCUT2D eigenvalue weighted by Gasteiger charge is 2.75. The molecule has 4 rings (SSSR count). The van der Waals surface area contributed by atoms with Gasteiger partial charge in [0.2, 0.25) is 5.12 Å². The summed E-state index contributed by atoms with van der Waals surface area (Å²) in [5.74, 6) is -0.969. The van der Waals surface area contributed by atoms with Crippen LogP contribution in [0.4, 0.5) is 4.39 Å². The van der Waals surface area contributed by atoms with Crippen LogP contribution in [0.1, 0.15) is 66.7 Å². The lowest BCUT2D eigenvalue weighted by molar-refractivity contribution is -0.196. The van der Waals surface area contributed by atoms with Crippen LogP contribution in [0.5, 0.6) is 0 Å². The Bertz CT molecular complexity index is 987. The first-order valence-corrected chi connectivity index (χ1v) is 12.8. The topological polar surface area (TPSA) is 77.5 Å². The van der Waals surface area contributed by atoms with Gasteiger partial charge in [0, 0.05) is 35.0 Å². The third kappa shape index (κ3) is 2.96. The Hall–Kier alpha value is -1.76. The lowest BCUT2D eigenvalue weighted by atomic mass is 9.40. The lowest BCUT2D eigenvalue weighted by Crippen LogP contribution is -2.65. The second kappa shape index (κ2) is 7.89. The molecule has 0 aromatic rings. The van der Waals surface area contributed by atoms with Crippen LogP contribution in [-0.2, 0) is 23.9 Å². The number of ketones is 2. The van der Waals surface area contributed by atoms with Gasteiger partial charge in [-0.1, -0.05) is 46.3 Å². The smallest absolute Gasteiger partial charge is 0.306 e. The molecule has 0 amide bonds. The molecule has 0 aliphatic heterocycles. The van der Waals surface area contributed by atoms with Gasteiger partial charge < -0.3 is 4.74 Å². The van der Waals surface area contributed by atoms with Crippen molar-refractivity contribution in [3.63, 3.8) is 0 Å². The Labute approximate surface area is 199 Å². The Kier molecular flexibility index (Phi) is 5.83. The molecule has 0 N–H and O–H groups in total. The van der Waals surface area contributed by atoms with Crippen molar-refractivity contribution in [2.75, 3.05) is 6.01 Å². The molecule has 0 aromatic heterocycles. The SMILES string of the molecule is CCC(=O)OC1(C(=O)SCF)C(C)CC2C3CCC4=CC(=O)C=CC4(C)C3(C)C(=O)CC21C. The van der Waals surface area contributed by atoms with Gasteiger partial charge in [-0.3, -0.25) is 19.2 Å². The molecule has 3 saturated carbocycles. The van der Waals surface area contributed by atoms with Gasteiger partial charge in [0.15, 0.2) is 11.4 Å². The van der Waals surface area contributed by atoms with Gasteiger partial charge in [-0.2, -0.15) is 0 Å². The van der Waals surface area contributed by atoms with Crippen LogP contribution in [0.25, 0.3) is 0 Å². The Morgan fingerprint density at radius 2 is 1.91 bits per heavy atom. The fourth-order valence-corrected chi connectivity index (χ4v) is 8.57. The number of Topliss-reactive ketones (excluding diaryl/α,β-unsaturated/α-hetero) is 1. The van der Waals surface area contributed by atoms with Crippen molar-refractivity contribution >= 4 is 34.4 Å². The van der Waals surface area contributed by atoms with Crippen LogP contribution in [0.15, 0.2) is 23.8 Å². The summed E-state index contributed by atoms with van der Waals surface area (Å²) in [6, 6.07) is -0.905. The summed E-state index contributed by atoms with van der Waals surface area (Å²) >= 11 is 0.533. The van der Waals surface area contributed by atoms with Crippen molar-refractivity contribution in [2.24, 2.45) is 34.0 Å². The third-order valence-corrected chi connectivity index (χ3v) is 10.4. The number of thioether (sulfide) groups is 1. The van der Waals surface area contributed by atoms with Crippen LogP contribution >= 0.6 is 11.8 Å². The highest BCUT2D eigenvalue weighted by molar-refractivity contribution is 8.13. The van der Waals surface area contributed by atoms with Crippen molar-refractivity contribution in [1.82, 2.24) is 0 Å². The quantitative estimate of drug-likeness (QED) is 0.532. The molecule has 180 valence electrons. The fourth-order valence-electron chi connectivity index (χ4n) is 7.78. The van der Waals surface area contributed by atoms with Gasteiger partial charge in [0.25, 0.3) is 0 Å². The third-order valence-electron chi connectivity index (χ3n) is 9.72. The van der Waals surface area contributed by atoms with E-state index in [9.17, 15) is 23.6 Å². The number of hydrogen-bond donors (Lipinski definition) is 0. The zero-order valence-electron chi connectivity index (χ0n) is 20.0. The molecule has 7 unspecified atom stereocenters. The first-order valence-electron chi connectivity index (χ1n) is 11.8. The summed E-state index contributed by atoms with van der Waals surface area (Å²) in [7, 11) is 0. The van der Waals surface area contributed by atoms with Gasteiger partial charge in [0.05, 0.1) is 0 Å². The number of fused-ring (bicyclic) bond motifs is 5. The minimum absolute atomic E-state index is 0.0161. The number of rotatable bonds is 4. The molecule has 0 saturated heterocycles. The number of halogens is 1. The Balaban J connectivity index is 1.85. The Morgan fingerprint density at radius 3 is 2.55 bits per heavy atom. The summed E-state index contributed by atoms with van der Waals surface area (Å²) in [6.07, 6.45) is 7.36. The molecule has 0 radical (unpaired) electrons. The van der Waals surface area contributed by atoms with Gasteiger partial charge in [-0.05, 0) is 55.0 Å². The minimum Gasteiger partial charge on any atom is -0.449 e. The van der Waals surface area contributed by atoms with E-state index in [4.69, 9.17) is 4.74 Å². The van der Waals surface area contributed by atoms with E-state index in [-0.39, 0.29) is 42.2 Å². The van der Waals surface area contributed by atoms with Gasteiger partial charge in [-0.15, -0.1) is 0 Å². The zero-order chi connectivity index (χ0) is 24.4. The van der Waals surface area contributed by atoms with E-state index in [2.05, 4.69) is 0 Å². The van der Waals surface area contributed by atoms with E-state index in [1.807, 2.05) is 33.8 Å². The van der Waals surface area contributed by atoms with E-state index in [0.29, 0.717) is 24.6 Å². The zero-order valence-corrected chi connectivity index (χ0v) is 20.9. The van der Waals surface area contributed by atoms with Crippen molar-refractivity contribution in [1.29, 1.82) is 0 Å². The van der Waals surface area contributed by atoms with Crippen LogP contribution in [-0.4, -0.2) is 34.3 Å². The number of carbonyl (C=O) groups excluding carboxylic acids is 4. The minimum atomic E-state index is -1.53. The molecule has 7 heteroatoms. The maximum absolute atomic E-state index is 14.1. The number of alkyl halides is 1. The predicted molar refractivity (Wildman–Crippen MR) is 124 cm³/mol. The maximum atomic E-state index is 14.1. The molecular weight excluding hydrogens is 443 g/mol. The van der Waals surface area contributed by atoms with Crippen LogP contribution in [0, 0.1) is 34.0 Å². The van der Waals surface area contributed by atoms with Crippen molar-refractivity contribution < 1.29 is 28.3 Å². The van der Waals surface area contributed by atoms with E-state index < -0.39 is 38.9 Å². The number of ether oxygens (including phenoxy) is 1. The summed E-state index contributed by atoms with van der Waals surface area (Å²) in [6.45, 7) is 9.50. The molecular formula is C26H33FO5S. The first-order chi connectivity index (χ1) is 15.4. The number of carbonyl (C=O) groups is 4. The van der Waals surface area contributed by atoms with Gasteiger partial charge in [-0.25, -0.2) is 4.39 Å². The van der Waals surface area contributed by atoms with E-state index in [1.54, 1.807) is 19.1 Å². The van der Waals surface area contributed by atoms with E-state index in [1.165, 1.54) is 0 Å². The van der Waals surface area contributed by atoms with Gasteiger partial charge >= 0.3 is 5.97 Å². The standard InChI is InChI=1S/C26H33FO5S/c1-6-21(30)32-26(22(31)33-14-27)15(2)11-19-18-8-7-16-12-17(28)9-10-23(16,3)25(18,5)20(29)13-24(19,26)4/h9-10,12,15,18-19H,6-8,11,13-14H2,1-5H3. The van der Waals surface area contributed by atoms with E-state index >= 15 is 0 Å². The average Bonchev–Trinajstić information content (AvgIpc) is 2.97. The van der Waals surface area contributed by atoms with E-state index in [0.717, 1.165) is 12.0 Å². The normalized spacial score (nSPS) is 43.9. The van der Waals surface area contributed by atoms with Crippen LogP contribution in [0.3, 0.4) is 0 Å². The van der Waals surface area contributed by atoms with Crippen LogP contribution < -0.4 is 0 Å². The predicted octanol–water partition coefficient (Wildman–Crippen LogP) is 4.99. The second-order valence-electron chi connectivity index (χ2n) is 10.8. The first kappa shape index (κ1) is 24.4. The molecule has 0 spiro atoms. The molecule has 4 aliphatic rings. The number of allylic oxidation sites excluding steroid dienone is 4. The molecule has 3 fully saturated rings. The molecule has 7 atom stereocenters. The molecule has 4 aliphatic carbocycles. The average molecular weight is 477 g/mol. The van der Waals surface area contributed by atoms with Crippen molar-refractivity contribution in [2.45, 2.75) is 72.3 Å². The van der Waals surface area contributed by atoms with Crippen LogP contribution in [0.2, 0.25) is 0 Å². The molecule has 5 nitrogen and oxygen atoms in total. The van der Waals surface area contributed by atoms with Gasteiger partial charge in [0.1, 0.15) is 11.8 Å². The summed E-state index contributed by atoms with van der Waals surface area (Å²) in [5, 5.41) is -0.494. The summed E-state index contributed by atoms with van der Waals surface area (Å²) in [5.41, 5.74) is -2.77. The fraction of sp³-hybridized carbons (Fsp3) is 0.692. The number of hydrogen-bond acceptors (Lipinski definition) is 6. The molecule has 0 aromatic carbocycles. The Morgan fingerprint density at radius 1 is 1.21 bits per heavy atom. The molecule has 0 heterocycles.